The van der Waals surface area contributed by atoms with E-state index in [0.717, 1.165) is 17.4 Å². The number of halogens is 2. The van der Waals surface area contributed by atoms with E-state index in [0.29, 0.717) is 15.0 Å². The molecule has 1 rings (SSSR count). The number of carbonyl (C=O) groups is 1. The number of rotatable bonds is 2. The second kappa shape index (κ2) is 4.28. The van der Waals surface area contributed by atoms with Gasteiger partial charge >= 0.3 is 0 Å². The number of phenols is 1. The van der Waals surface area contributed by atoms with E-state index < -0.39 is 0 Å². The highest BCUT2D eigenvalue weighted by Crippen LogP contribution is 2.30. The van der Waals surface area contributed by atoms with Crippen molar-refractivity contribution in [3.63, 3.8) is 0 Å². The Labute approximate surface area is 95.0 Å². The van der Waals surface area contributed by atoms with Crippen LogP contribution in [0.2, 0.25) is 5.02 Å². The Bertz CT molecular complexity index is 350. The number of alkyl halides is 1. The molecule has 0 aliphatic heterocycles. The first-order valence-corrected chi connectivity index (χ1v) is 5.54. The van der Waals surface area contributed by atoms with Crippen LogP contribution in [0.15, 0.2) is 6.07 Å². The average molecular weight is 311 g/mol. The lowest BCUT2D eigenvalue weighted by molar-refractivity contribution is 0.112. The van der Waals surface area contributed by atoms with Crippen LogP contribution in [0.1, 0.15) is 21.5 Å². The molecule has 0 atom stereocenters. The maximum Gasteiger partial charge on any atom is 0.151 e. The Balaban J connectivity index is 3.50. The van der Waals surface area contributed by atoms with Crippen LogP contribution in [0, 0.1) is 6.92 Å². The molecule has 0 aromatic heterocycles. The van der Waals surface area contributed by atoms with Crippen LogP contribution in [-0.4, -0.2) is 11.4 Å². The number of hydrogen-bond acceptors (Lipinski definition) is 2. The minimum Gasteiger partial charge on any atom is -0.508 e. The SMILES string of the molecule is Cc1c(O)cc(Cl)c(C=O)c1CI. The molecular weight excluding hydrogens is 302 g/mol. The summed E-state index contributed by atoms with van der Waals surface area (Å²) in [4.78, 5) is 10.7. The van der Waals surface area contributed by atoms with Crippen molar-refractivity contribution < 1.29 is 9.90 Å². The highest BCUT2D eigenvalue weighted by Gasteiger charge is 2.12. The maximum atomic E-state index is 10.7. The summed E-state index contributed by atoms with van der Waals surface area (Å²) in [7, 11) is 0. The van der Waals surface area contributed by atoms with Crippen molar-refractivity contribution in [2.24, 2.45) is 0 Å². The van der Waals surface area contributed by atoms with Gasteiger partial charge in [-0.1, -0.05) is 34.2 Å². The first-order chi connectivity index (χ1) is 6.11. The number of phenolic OH excluding ortho intramolecular Hbond substituents is 1. The van der Waals surface area contributed by atoms with Crippen molar-refractivity contribution in [1.82, 2.24) is 0 Å². The maximum absolute atomic E-state index is 10.7. The Morgan fingerprint density at radius 1 is 1.69 bits per heavy atom. The van der Waals surface area contributed by atoms with Crippen LogP contribution in [0.5, 0.6) is 5.75 Å². The summed E-state index contributed by atoms with van der Waals surface area (Å²) < 4.78 is 0.659. The van der Waals surface area contributed by atoms with Crippen molar-refractivity contribution in [3.8, 4) is 5.75 Å². The van der Waals surface area contributed by atoms with Crippen LogP contribution < -0.4 is 0 Å². The number of carbonyl (C=O) groups excluding carboxylic acids is 1. The third-order valence-corrected chi connectivity index (χ3v) is 3.01. The number of benzene rings is 1. The van der Waals surface area contributed by atoms with Gasteiger partial charge in [-0.15, -0.1) is 0 Å². The fourth-order valence-corrected chi connectivity index (χ4v) is 2.35. The first kappa shape index (κ1) is 10.8. The van der Waals surface area contributed by atoms with Crippen molar-refractivity contribution >= 4 is 40.5 Å². The van der Waals surface area contributed by atoms with Gasteiger partial charge < -0.3 is 5.11 Å². The summed E-state index contributed by atoms with van der Waals surface area (Å²) in [6.07, 6.45) is 0.725. The van der Waals surface area contributed by atoms with E-state index in [4.69, 9.17) is 11.6 Å². The van der Waals surface area contributed by atoms with Crippen LogP contribution in [0.4, 0.5) is 0 Å². The van der Waals surface area contributed by atoms with Gasteiger partial charge in [0.1, 0.15) is 5.75 Å². The molecule has 1 N–H and O–H groups in total. The molecule has 1 aromatic carbocycles. The zero-order valence-electron chi connectivity index (χ0n) is 6.97. The monoisotopic (exact) mass is 310 g/mol. The third-order valence-electron chi connectivity index (χ3n) is 1.93. The molecule has 0 heterocycles. The molecule has 0 fully saturated rings. The van der Waals surface area contributed by atoms with E-state index in [1.165, 1.54) is 6.07 Å². The lowest BCUT2D eigenvalue weighted by Crippen LogP contribution is -1.95. The molecule has 0 spiro atoms. The fourth-order valence-electron chi connectivity index (χ4n) is 1.11. The molecule has 0 saturated carbocycles. The molecule has 2 nitrogen and oxygen atoms in total. The number of aldehydes is 1. The number of hydrogen-bond donors (Lipinski definition) is 1. The van der Waals surface area contributed by atoms with E-state index in [1.807, 2.05) is 0 Å². The van der Waals surface area contributed by atoms with Gasteiger partial charge in [0, 0.05) is 9.99 Å². The fraction of sp³-hybridized carbons (Fsp3) is 0.222. The highest BCUT2D eigenvalue weighted by atomic mass is 127. The Kier molecular flexibility index (Phi) is 3.55. The summed E-state index contributed by atoms with van der Waals surface area (Å²) in [5, 5.41) is 9.74. The summed E-state index contributed by atoms with van der Waals surface area (Å²) in [5.41, 5.74) is 2.01. The average Bonchev–Trinajstić information content (AvgIpc) is 2.10. The predicted molar refractivity (Wildman–Crippen MR) is 61.0 cm³/mol. The molecule has 70 valence electrons. The van der Waals surface area contributed by atoms with Gasteiger partial charge in [0.25, 0.3) is 0 Å². The molecule has 0 amide bonds. The molecule has 0 aliphatic carbocycles. The highest BCUT2D eigenvalue weighted by molar-refractivity contribution is 14.1. The topological polar surface area (TPSA) is 37.3 Å². The van der Waals surface area contributed by atoms with Gasteiger partial charge in [-0.05, 0) is 24.1 Å². The largest absolute Gasteiger partial charge is 0.508 e. The van der Waals surface area contributed by atoms with Gasteiger partial charge in [0.2, 0.25) is 0 Å². The zero-order chi connectivity index (χ0) is 10.0. The molecule has 0 aliphatic rings. The summed E-state index contributed by atoms with van der Waals surface area (Å²) in [5.74, 6) is 0.141. The molecule has 0 bridgehead atoms. The zero-order valence-corrected chi connectivity index (χ0v) is 9.89. The number of aromatic hydroxyl groups is 1. The lowest BCUT2D eigenvalue weighted by atomic mass is 10.0. The molecule has 1 aromatic rings. The minimum absolute atomic E-state index is 0.141. The van der Waals surface area contributed by atoms with Gasteiger partial charge in [0.05, 0.1) is 5.02 Å². The van der Waals surface area contributed by atoms with Gasteiger partial charge in [0.15, 0.2) is 6.29 Å². The van der Waals surface area contributed by atoms with E-state index in [9.17, 15) is 9.90 Å². The molecular formula is C9H8ClIO2. The standard InChI is InChI=1S/C9H8ClIO2/c1-5-6(3-11)7(4-12)8(10)2-9(5)13/h2,4,13H,3H2,1H3. The normalized spacial score (nSPS) is 10.1. The Morgan fingerprint density at radius 3 is 2.77 bits per heavy atom. The van der Waals surface area contributed by atoms with Crippen molar-refractivity contribution in [2.45, 2.75) is 11.4 Å². The summed E-state index contributed by atoms with van der Waals surface area (Å²) in [6.45, 7) is 1.77. The van der Waals surface area contributed by atoms with E-state index in [1.54, 1.807) is 6.92 Å². The molecule has 4 heteroatoms. The second-order valence-corrected chi connectivity index (χ2v) is 3.82. The molecule has 0 unspecified atom stereocenters. The van der Waals surface area contributed by atoms with Crippen molar-refractivity contribution in [1.29, 1.82) is 0 Å². The minimum atomic E-state index is 0.141. The van der Waals surface area contributed by atoms with Gasteiger partial charge in [-0.25, -0.2) is 0 Å². The summed E-state index contributed by atoms with van der Waals surface area (Å²) in [6, 6.07) is 1.40. The smallest absolute Gasteiger partial charge is 0.151 e. The van der Waals surface area contributed by atoms with Crippen molar-refractivity contribution in [2.75, 3.05) is 0 Å². The quantitative estimate of drug-likeness (QED) is 0.518. The predicted octanol–water partition coefficient (Wildman–Crippen LogP) is 3.10. The van der Waals surface area contributed by atoms with Crippen LogP contribution >= 0.6 is 34.2 Å². The van der Waals surface area contributed by atoms with Crippen molar-refractivity contribution in [3.05, 3.63) is 27.8 Å². The van der Waals surface area contributed by atoms with Crippen LogP contribution in [0.25, 0.3) is 0 Å². The summed E-state index contributed by atoms with van der Waals surface area (Å²) >= 11 is 7.92. The lowest BCUT2D eigenvalue weighted by Gasteiger charge is -2.09. The van der Waals surface area contributed by atoms with Crippen LogP contribution in [0.3, 0.4) is 0 Å². The Morgan fingerprint density at radius 2 is 2.31 bits per heavy atom. The molecule has 0 radical (unpaired) electrons. The second-order valence-electron chi connectivity index (χ2n) is 2.65. The van der Waals surface area contributed by atoms with Gasteiger partial charge in [-0.2, -0.15) is 0 Å². The third kappa shape index (κ3) is 1.96. The first-order valence-electron chi connectivity index (χ1n) is 3.64. The molecule has 13 heavy (non-hydrogen) atoms. The van der Waals surface area contributed by atoms with Gasteiger partial charge in [-0.3, -0.25) is 4.79 Å². The van der Waals surface area contributed by atoms with E-state index >= 15 is 0 Å². The Hall–Kier alpha value is -0.290. The van der Waals surface area contributed by atoms with E-state index in [-0.39, 0.29) is 5.75 Å². The van der Waals surface area contributed by atoms with E-state index in [2.05, 4.69) is 22.6 Å². The van der Waals surface area contributed by atoms with Crippen LogP contribution in [-0.2, 0) is 4.43 Å². The molecule has 0 saturated heterocycles.